The number of benzene rings is 1. The van der Waals surface area contributed by atoms with Crippen molar-refractivity contribution < 1.29 is 61.9 Å². The molecule has 0 amide bonds. The third-order valence-electron chi connectivity index (χ3n) is 5.67. The van der Waals surface area contributed by atoms with Crippen LogP contribution in [0.25, 0.3) is 11.0 Å². The molecule has 1 aromatic carbocycles. The van der Waals surface area contributed by atoms with E-state index in [0.717, 1.165) is 27.7 Å². The van der Waals surface area contributed by atoms with Crippen LogP contribution in [-0.4, -0.2) is 72.6 Å². The van der Waals surface area contributed by atoms with Crippen LogP contribution in [0.5, 0.6) is 5.75 Å². The van der Waals surface area contributed by atoms with E-state index < -0.39 is 67.3 Å². The average Bonchev–Trinajstić information content (AvgIpc) is 3.31. The summed E-state index contributed by atoms with van der Waals surface area (Å²) in [5, 5.41) is 10.7. The summed E-state index contributed by atoms with van der Waals surface area (Å²) in [5.74, 6) is -0.726. The van der Waals surface area contributed by atoms with E-state index in [1.54, 1.807) is 0 Å². The number of carbonyl (C=O) groups excluding carboxylic acids is 5. The van der Waals surface area contributed by atoms with Crippen LogP contribution in [-0.2, 0) is 42.9 Å². The molecule has 1 N–H and O–H groups in total. The number of hydrogen-bond donors (Lipinski definition) is 1. The summed E-state index contributed by atoms with van der Waals surface area (Å²) < 4.78 is 38.8. The lowest BCUT2D eigenvalue weighted by atomic mass is 9.98. The van der Waals surface area contributed by atoms with Crippen molar-refractivity contribution in [3.05, 3.63) is 29.5 Å². The van der Waals surface area contributed by atoms with Crippen LogP contribution in [0.1, 0.15) is 56.3 Å². The molecule has 1 aliphatic heterocycles. The first kappa shape index (κ1) is 30.1. The molecule has 13 nitrogen and oxygen atoms in total. The Morgan fingerprint density at radius 3 is 2.20 bits per heavy atom. The number of aliphatic hydroxyl groups excluding tert-OH is 1. The zero-order valence-electron chi connectivity index (χ0n) is 22.1. The molecule has 6 atom stereocenters. The van der Waals surface area contributed by atoms with E-state index in [0.29, 0.717) is 6.29 Å². The minimum atomic E-state index is -1.51. The SMILES string of the molecule is C#CCC(O)c1ccc(O[C@@H]2O[C@H](COC(C)=O)[C@H](OC(C)=O)[C@H](OC(C)=O)C2OC(C)=O)c2cc(C=O)oc12. The second-order valence-corrected chi connectivity index (χ2v) is 8.77. The molecule has 1 aromatic heterocycles. The molecule has 3 rings (SSSR count). The van der Waals surface area contributed by atoms with Crippen molar-refractivity contribution in [3.8, 4) is 18.1 Å². The molecule has 0 spiro atoms. The van der Waals surface area contributed by atoms with Gasteiger partial charge in [-0.15, -0.1) is 12.3 Å². The molecule has 0 bridgehead atoms. The lowest BCUT2D eigenvalue weighted by molar-refractivity contribution is -0.288. The van der Waals surface area contributed by atoms with Crippen LogP contribution < -0.4 is 4.74 Å². The molecule has 214 valence electrons. The average molecular weight is 561 g/mol. The second-order valence-electron chi connectivity index (χ2n) is 8.77. The van der Waals surface area contributed by atoms with Gasteiger partial charge in [-0.1, -0.05) is 0 Å². The smallest absolute Gasteiger partial charge is 0.303 e. The number of fused-ring (bicyclic) bond motifs is 1. The predicted molar refractivity (Wildman–Crippen MR) is 133 cm³/mol. The van der Waals surface area contributed by atoms with Crippen molar-refractivity contribution in [2.45, 2.75) is 70.9 Å². The fourth-order valence-corrected chi connectivity index (χ4v) is 4.19. The van der Waals surface area contributed by atoms with Crippen molar-refractivity contribution >= 4 is 41.1 Å². The highest BCUT2D eigenvalue weighted by molar-refractivity contribution is 5.91. The number of terminal acetylenes is 1. The second kappa shape index (κ2) is 13.1. The molecule has 1 saturated heterocycles. The van der Waals surface area contributed by atoms with Crippen LogP contribution in [0.2, 0.25) is 0 Å². The van der Waals surface area contributed by atoms with Gasteiger partial charge in [-0.2, -0.15) is 0 Å². The third kappa shape index (κ3) is 7.16. The van der Waals surface area contributed by atoms with Gasteiger partial charge in [-0.3, -0.25) is 24.0 Å². The lowest BCUT2D eigenvalue weighted by Gasteiger charge is -2.44. The molecule has 40 heavy (non-hydrogen) atoms. The molecule has 2 heterocycles. The summed E-state index contributed by atoms with van der Waals surface area (Å²) in [6, 6.07) is 4.26. The molecule has 0 saturated carbocycles. The lowest BCUT2D eigenvalue weighted by Crippen LogP contribution is -2.63. The quantitative estimate of drug-likeness (QED) is 0.193. The molecule has 2 aromatic rings. The summed E-state index contributed by atoms with van der Waals surface area (Å²) in [6.07, 6.45) is -2.39. The minimum Gasteiger partial charge on any atom is -0.463 e. The van der Waals surface area contributed by atoms with Crippen molar-refractivity contribution in [3.63, 3.8) is 0 Å². The third-order valence-corrected chi connectivity index (χ3v) is 5.67. The summed E-state index contributed by atoms with van der Waals surface area (Å²) >= 11 is 0. The van der Waals surface area contributed by atoms with E-state index in [9.17, 15) is 29.1 Å². The number of hydrogen-bond acceptors (Lipinski definition) is 13. The van der Waals surface area contributed by atoms with Crippen molar-refractivity contribution in [1.29, 1.82) is 0 Å². The summed E-state index contributed by atoms with van der Waals surface area (Å²) in [7, 11) is 0. The van der Waals surface area contributed by atoms with E-state index in [4.69, 9.17) is 39.3 Å². The maximum absolute atomic E-state index is 12.1. The maximum atomic E-state index is 12.1. The monoisotopic (exact) mass is 560 g/mol. The van der Waals surface area contributed by atoms with Gasteiger partial charge in [0.05, 0.1) is 11.5 Å². The van der Waals surface area contributed by atoms with E-state index in [1.807, 2.05) is 0 Å². The van der Waals surface area contributed by atoms with Gasteiger partial charge in [0.2, 0.25) is 12.4 Å². The Labute approximate surface area is 228 Å². The Hall–Kier alpha value is -4.41. The Balaban J connectivity index is 2.10. The Kier molecular flexibility index (Phi) is 9.87. The van der Waals surface area contributed by atoms with Gasteiger partial charge in [0, 0.05) is 39.7 Å². The minimum absolute atomic E-state index is 0.0356. The molecule has 13 heteroatoms. The largest absolute Gasteiger partial charge is 0.463 e. The number of furan rings is 1. The van der Waals surface area contributed by atoms with Crippen molar-refractivity contribution in [1.82, 2.24) is 0 Å². The standard InChI is InChI=1S/C27H28O13/c1-6-7-20(33)18-8-9-21(19-10-17(11-28)38-23(18)19)39-27-26(37-16(5)32)25(36-15(4)31)24(35-14(3)30)22(40-27)12-34-13(2)29/h1,8-11,20,22,24-27,33H,7,12H2,2-5H3/t20?,22-,24+,25+,26?,27-/m1/s1. The van der Waals surface area contributed by atoms with Crippen molar-refractivity contribution in [2.24, 2.45) is 0 Å². The molecular weight excluding hydrogens is 532 g/mol. The van der Waals surface area contributed by atoms with Gasteiger partial charge in [0.15, 0.2) is 24.3 Å². The predicted octanol–water partition coefficient (Wildman–Crippen LogP) is 1.76. The fraction of sp³-hybridized carbons (Fsp3) is 0.444. The van der Waals surface area contributed by atoms with Gasteiger partial charge in [0.1, 0.15) is 24.0 Å². The Bertz CT molecular complexity index is 1320. The van der Waals surface area contributed by atoms with Crippen LogP contribution in [0.15, 0.2) is 22.6 Å². The van der Waals surface area contributed by atoms with Crippen LogP contribution >= 0.6 is 0 Å². The first-order valence-electron chi connectivity index (χ1n) is 12.0. The van der Waals surface area contributed by atoms with Crippen LogP contribution in [0.3, 0.4) is 0 Å². The van der Waals surface area contributed by atoms with Gasteiger partial charge in [0.25, 0.3) is 0 Å². The topological polar surface area (TPSA) is 174 Å². The Morgan fingerprint density at radius 1 is 1.00 bits per heavy atom. The number of ether oxygens (including phenoxy) is 6. The van der Waals surface area contributed by atoms with E-state index >= 15 is 0 Å². The number of esters is 4. The highest BCUT2D eigenvalue weighted by Gasteiger charge is 2.53. The van der Waals surface area contributed by atoms with Gasteiger partial charge in [-0.25, -0.2) is 0 Å². The highest BCUT2D eigenvalue weighted by Crippen LogP contribution is 2.37. The highest BCUT2D eigenvalue weighted by atomic mass is 16.7. The van der Waals surface area contributed by atoms with Gasteiger partial charge >= 0.3 is 23.9 Å². The number of carbonyl (C=O) groups is 5. The summed E-state index contributed by atoms with van der Waals surface area (Å²) in [6.45, 7) is 4.01. The fourth-order valence-electron chi connectivity index (χ4n) is 4.19. The van der Waals surface area contributed by atoms with Crippen LogP contribution in [0, 0.1) is 12.3 Å². The van der Waals surface area contributed by atoms with Gasteiger partial charge in [-0.05, 0) is 18.2 Å². The molecule has 0 aliphatic carbocycles. The van der Waals surface area contributed by atoms with E-state index in [1.165, 1.54) is 18.2 Å². The van der Waals surface area contributed by atoms with E-state index in [2.05, 4.69) is 5.92 Å². The number of aldehydes is 1. The number of rotatable bonds is 10. The normalized spacial score (nSPS) is 22.9. The van der Waals surface area contributed by atoms with E-state index in [-0.39, 0.29) is 34.5 Å². The summed E-state index contributed by atoms with van der Waals surface area (Å²) in [4.78, 5) is 59.0. The Morgan fingerprint density at radius 2 is 1.62 bits per heavy atom. The first-order valence-corrected chi connectivity index (χ1v) is 12.0. The van der Waals surface area contributed by atoms with Crippen LogP contribution in [0.4, 0.5) is 0 Å². The van der Waals surface area contributed by atoms with Crippen molar-refractivity contribution in [2.75, 3.05) is 6.61 Å². The zero-order chi connectivity index (χ0) is 29.6. The summed E-state index contributed by atoms with van der Waals surface area (Å²) in [5.41, 5.74) is 0.392. The number of aliphatic hydroxyl groups is 1. The zero-order valence-corrected chi connectivity index (χ0v) is 22.1. The first-order chi connectivity index (χ1) is 18.9. The maximum Gasteiger partial charge on any atom is 0.303 e. The molecule has 0 radical (unpaired) electrons. The molecule has 2 unspecified atom stereocenters. The molecule has 1 aliphatic rings. The molecule has 1 fully saturated rings. The molecular formula is C27H28O13. The van der Waals surface area contributed by atoms with Gasteiger partial charge < -0.3 is 37.9 Å².